The van der Waals surface area contributed by atoms with Gasteiger partial charge in [0.1, 0.15) is 6.04 Å². The summed E-state index contributed by atoms with van der Waals surface area (Å²) in [5, 5.41) is 11.8. The molecule has 118 valence electrons. The summed E-state index contributed by atoms with van der Waals surface area (Å²) < 4.78 is 0. The van der Waals surface area contributed by atoms with Crippen LogP contribution in [0.25, 0.3) is 11.3 Å². The van der Waals surface area contributed by atoms with Crippen molar-refractivity contribution in [1.29, 1.82) is 5.26 Å². The highest BCUT2D eigenvalue weighted by molar-refractivity contribution is 7.14. The average molecular weight is 326 g/mol. The van der Waals surface area contributed by atoms with E-state index in [4.69, 9.17) is 5.26 Å². The van der Waals surface area contributed by atoms with Gasteiger partial charge in [0.25, 0.3) is 5.91 Å². The first kappa shape index (κ1) is 15.5. The van der Waals surface area contributed by atoms with Crippen molar-refractivity contribution in [3.63, 3.8) is 0 Å². The van der Waals surface area contributed by atoms with E-state index in [0.717, 1.165) is 24.1 Å². The van der Waals surface area contributed by atoms with E-state index in [1.807, 2.05) is 42.6 Å². The van der Waals surface area contributed by atoms with Gasteiger partial charge in [0.2, 0.25) is 0 Å². The Morgan fingerprint density at radius 1 is 1.48 bits per heavy atom. The molecule has 1 aliphatic rings. The Bertz CT molecular complexity index is 722. The number of hydrogen-bond donors (Lipinski definition) is 0. The molecule has 6 heteroatoms. The molecule has 0 saturated carbocycles. The zero-order chi connectivity index (χ0) is 16.2. The van der Waals surface area contributed by atoms with Gasteiger partial charge in [-0.2, -0.15) is 5.26 Å². The number of likely N-dealkylation sites (N-methyl/N-ethyl adjacent to an activating group) is 1. The van der Waals surface area contributed by atoms with E-state index in [2.05, 4.69) is 11.2 Å². The number of rotatable bonds is 4. The van der Waals surface area contributed by atoms with Gasteiger partial charge in [-0.1, -0.05) is 30.3 Å². The highest BCUT2D eigenvalue weighted by Crippen LogP contribution is 2.29. The predicted octanol–water partition coefficient (Wildman–Crippen LogP) is 3.11. The number of nitriles is 1. The first-order chi connectivity index (χ1) is 11.2. The third-order valence-corrected chi connectivity index (χ3v) is 4.90. The van der Waals surface area contributed by atoms with Gasteiger partial charge in [0.15, 0.2) is 11.3 Å². The number of amides is 1. The monoisotopic (exact) mass is 326 g/mol. The fourth-order valence-corrected chi connectivity index (χ4v) is 3.74. The van der Waals surface area contributed by atoms with Crippen LogP contribution in [0.2, 0.25) is 0 Å². The first-order valence-electron chi connectivity index (χ1n) is 7.73. The molecule has 2 heterocycles. The van der Waals surface area contributed by atoms with Crippen LogP contribution in [0.5, 0.6) is 0 Å². The molecule has 5 nitrogen and oxygen atoms in total. The van der Waals surface area contributed by atoms with Gasteiger partial charge in [-0.3, -0.25) is 14.6 Å². The highest BCUT2D eigenvalue weighted by atomic mass is 32.1. The van der Waals surface area contributed by atoms with Crippen molar-refractivity contribution in [1.82, 2.24) is 9.88 Å². The van der Waals surface area contributed by atoms with Gasteiger partial charge in [-0.25, -0.2) is 4.98 Å². The lowest BCUT2D eigenvalue weighted by molar-refractivity contribution is -0.121. The summed E-state index contributed by atoms with van der Waals surface area (Å²) in [5.74, 6) is -0.0273. The summed E-state index contributed by atoms with van der Waals surface area (Å²) in [6.07, 6.45) is 3.74. The number of carbonyl (C=O) groups is 1. The van der Waals surface area contributed by atoms with Crippen molar-refractivity contribution in [2.24, 2.45) is 0 Å². The molecule has 1 unspecified atom stereocenters. The van der Waals surface area contributed by atoms with Crippen LogP contribution in [0, 0.1) is 11.5 Å². The van der Waals surface area contributed by atoms with Crippen LogP contribution in [0.4, 0.5) is 5.13 Å². The predicted molar refractivity (Wildman–Crippen MR) is 90.9 cm³/mol. The molecule has 3 rings (SSSR count). The number of aromatic nitrogens is 1. The molecule has 0 bridgehead atoms. The van der Waals surface area contributed by atoms with Crippen molar-refractivity contribution in [2.75, 3.05) is 18.0 Å². The number of hydrogen-bond acceptors (Lipinski definition) is 5. The van der Waals surface area contributed by atoms with Gasteiger partial charge in [-0.05, 0) is 19.8 Å². The van der Waals surface area contributed by atoms with E-state index < -0.39 is 0 Å². The molecule has 0 spiro atoms. The first-order valence-corrected chi connectivity index (χ1v) is 8.61. The zero-order valence-electron chi connectivity index (χ0n) is 13.0. The highest BCUT2D eigenvalue weighted by Gasteiger charge is 2.34. The molecular formula is C17H18N4OS. The second kappa shape index (κ2) is 6.80. The molecule has 0 aliphatic carbocycles. The molecule has 0 N–H and O–H groups in total. The van der Waals surface area contributed by atoms with Crippen LogP contribution in [0.1, 0.15) is 19.8 Å². The minimum Gasteiger partial charge on any atom is -0.298 e. The maximum atomic E-state index is 12.8. The summed E-state index contributed by atoms with van der Waals surface area (Å²) >= 11 is 1.47. The number of carbonyl (C=O) groups excluding carboxylic acids is 1. The number of benzene rings is 1. The molecule has 0 radical (unpaired) electrons. The van der Waals surface area contributed by atoms with Crippen molar-refractivity contribution >= 4 is 22.4 Å². The molecule has 23 heavy (non-hydrogen) atoms. The molecule has 1 amide bonds. The van der Waals surface area contributed by atoms with E-state index in [-0.39, 0.29) is 11.9 Å². The molecule has 1 aliphatic heterocycles. The second-order valence-corrected chi connectivity index (χ2v) is 6.25. The van der Waals surface area contributed by atoms with Crippen molar-refractivity contribution in [3.05, 3.63) is 35.7 Å². The maximum Gasteiger partial charge on any atom is 0.252 e. The van der Waals surface area contributed by atoms with Gasteiger partial charge in [-0.15, -0.1) is 11.3 Å². The van der Waals surface area contributed by atoms with Crippen molar-refractivity contribution in [2.45, 2.75) is 25.8 Å². The molecule has 1 atom stereocenters. The molecule has 1 fully saturated rings. The van der Waals surface area contributed by atoms with Gasteiger partial charge >= 0.3 is 0 Å². The van der Waals surface area contributed by atoms with E-state index in [1.165, 1.54) is 11.3 Å². The summed E-state index contributed by atoms with van der Waals surface area (Å²) in [6.45, 7) is 3.15. The van der Waals surface area contributed by atoms with Gasteiger partial charge < -0.3 is 0 Å². The Balaban J connectivity index is 1.83. The standard InChI is InChI=1S/C17H18N4OS/c1-2-21(16(22)15-9-6-10-20(15)12-18)17-19-14(11-23-17)13-7-4-3-5-8-13/h3-5,7-8,11,15H,2,6,9-10H2,1H3. The Labute approximate surface area is 139 Å². The topological polar surface area (TPSA) is 60.2 Å². The van der Waals surface area contributed by atoms with E-state index >= 15 is 0 Å². The molecule has 1 saturated heterocycles. The third kappa shape index (κ3) is 3.06. The van der Waals surface area contributed by atoms with Crippen LogP contribution in [0.3, 0.4) is 0 Å². The van der Waals surface area contributed by atoms with Crippen molar-refractivity contribution < 1.29 is 4.79 Å². The minimum atomic E-state index is -0.343. The number of nitrogens with zero attached hydrogens (tertiary/aromatic N) is 4. The van der Waals surface area contributed by atoms with Crippen LogP contribution in [-0.2, 0) is 4.79 Å². The Hall–Kier alpha value is -2.39. The van der Waals surface area contributed by atoms with Crippen molar-refractivity contribution in [3.8, 4) is 17.5 Å². The lowest BCUT2D eigenvalue weighted by Gasteiger charge is -2.24. The summed E-state index contributed by atoms with van der Waals surface area (Å²) in [6, 6.07) is 9.58. The fourth-order valence-electron chi connectivity index (χ4n) is 2.84. The summed E-state index contributed by atoms with van der Waals surface area (Å²) in [4.78, 5) is 20.7. The minimum absolute atomic E-state index is 0.0273. The van der Waals surface area contributed by atoms with Crippen LogP contribution in [0.15, 0.2) is 35.7 Å². The fraction of sp³-hybridized carbons (Fsp3) is 0.353. The average Bonchev–Trinajstić information content (AvgIpc) is 3.25. The second-order valence-electron chi connectivity index (χ2n) is 5.42. The largest absolute Gasteiger partial charge is 0.298 e. The van der Waals surface area contributed by atoms with Gasteiger partial charge in [0, 0.05) is 24.0 Å². The molecule has 2 aromatic rings. The number of anilines is 1. The zero-order valence-corrected chi connectivity index (χ0v) is 13.8. The smallest absolute Gasteiger partial charge is 0.252 e. The van der Waals surface area contributed by atoms with E-state index in [9.17, 15) is 4.79 Å². The lowest BCUT2D eigenvalue weighted by Crippen LogP contribution is -2.44. The normalized spacial score (nSPS) is 17.0. The quantitative estimate of drug-likeness (QED) is 0.810. The summed E-state index contributed by atoms with van der Waals surface area (Å²) in [7, 11) is 0. The number of likely N-dealkylation sites (tertiary alicyclic amines) is 1. The lowest BCUT2D eigenvalue weighted by atomic mass is 10.2. The van der Waals surface area contributed by atoms with Crippen LogP contribution < -0.4 is 4.90 Å². The molecule has 1 aromatic carbocycles. The van der Waals surface area contributed by atoms with Crippen LogP contribution in [-0.4, -0.2) is 34.9 Å². The SMILES string of the molecule is CCN(C(=O)C1CCCN1C#N)c1nc(-c2ccccc2)cs1. The Morgan fingerprint density at radius 2 is 2.26 bits per heavy atom. The number of thiazole rings is 1. The van der Waals surface area contributed by atoms with Gasteiger partial charge in [0.05, 0.1) is 5.69 Å². The third-order valence-electron chi connectivity index (χ3n) is 4.04. The molecule has 1 aromatic heterocycles. The summed E-state index contributed by atoms with van der Waals surface area (Å²) in [5.41, 5.74) is 1.92. The maximum absolute atomic E-state index is 12.8. The van der Waals surface area contributed by atoms with Crippen LogP contribution >= 0.6 is 11.3 Å². The van der Waals surface area contributed by atoms with E-state index in [1.54, 1.807) is 9.80 Å². The Kier molecular flexibility index (Phi) is 4.58. The Morgan fingerprint density at radius 3 is 2.96 bits per heavy atom. The van der Waals surface area contributed by atoms with E-state index in [0.29, 0.717) is 18.2 Å². The molecular weight excluding hydrogens is 308 g/mol.